The van der Waals surface area contributed by atoms with Gasteiger partial charge in [0.2, 0.25) is 5.91 Å². The number of nitrogen functional groups attached to an aromatic ring is 1. The zero-order valence-corrected chi connectivity index (χ0v) is 10.6. The summed E-state index contributed by atoms with van der Waals surface area (Å²) < 4.78 is 0. The zero-order chi connectivity index (χ0) is 12.8. The van der Waals surface area contributed by atoms with Crippen molar-refractivity contribution in [2.75, 3.05) is 23.7 Å². The predicted octanol–water partition coefficient (Wildman–Crippen LogP) is 1.01. The van der Waals surface area contributed by atoms with Crippen molar-refractivity contribution in [1.29, 1.82) is 0 Å². The van der Waals surface area contributed by atoms with Gasteiger partial charge in [0, 0.05) is 18.8 Å². The number of hydrogen-bond donors (Lipinski definition) is 2. The molecular weight excluding hydrogens is 216 g/mol. The van der Waals surface area contributed by atoms with Gasteiger partial charge in [0.1, 0.15) is 0 Å². The number of amides is 1. The molecule has 5 nitrogen and oxygen atoms in total. The van der Waals surface area contributed by atoms with E-state index in [1.807, 2.05) is 31.7 Å². The van der Waals surface area contributed by atoms with Gasteiger partial charge < -0.3 is 16.0 Å². The Balaban J connectivity index is 2.73. The third-order valence-electron chi connectivity index (χ3n) is 2.33. The largest absolute Gasteiger partial charge is 0.396 e. The Bertz CT molecular complexity index is 379. The number of carbonyl (C=O) groups is 1. The van der Waals surface area contributed by atoms with E-state index in [-0.39, 0.29) is 11.9 Å². The van der Waals surface area contributed by atoms with E-state index in [2.05, 4.69) is 10.3 Å². The molecule has 0 aliphatic carbocycles. The number of anilines is 2. The van der Waals surface area contributed by atoms with Crippen LogP contribution in [0.4, 0.5) is 11.4 Å². The van der Waals surface area contributed by atoms with Crippen LogP contribution in [0.1, 0.15) is 20.8 Å². The molecule has 0 radical (unpaired) electrons. The van der Waals surface area contributed by atoms with Gasteiger partial charge in [-0.1, -0.05) is 0 Å². The van der Waals surface area contributed by atoms with Crippen LogP contribution in [-0.4, -0.2) is 30.0 Å². The maximum Gasteiger partial charge on any atom is 0.239 e. The number of nitrogens with two attached hydrogens (primary N) is 1. The van der Waals surface area contributed by atoms with Crippen molar-refractivity contribution in [2.45, 2.75) is 26.8 Å². The number of hydrogen-bond acceptors (Lipinski definition) is 4. The SMILES string of the molecule is CCN(CC(=O)NC(C)C)c1ccncc1N. The Morgan fingerprint density at radius 2 is 2.29 bits per heavy atom. The summed E-state index contributed by atoms with van der Waals surface area (Å²) >= 11 is 0. The molecule has 1 heterocycles. The monoisotopic (exact) mass is 236 g/mol. The minimum Gasteiger partial charge on any atom is -0.396 e. The number of likely N-dealkylation sites (N-methyl/N-ethyl adjacent to an activating group) is 1. The Kier molecular flexibility index (Phi) is 4.75. The highest BCUT2D eigenvalue weighted by atomic mass is 16.2. The highest BCUT2D eigenvalue weighted by Gasteiger charge is 2.12. The summed E-state index contributed by atoms with van der Waals surface area (Å²) in [4.78, 5) is 17.6. The number of rotatable bonds is 5. The number of carbonyl (C=O) groups excluding carboxylic acids is 1. The van der Waals surface area contributed by atoms with Crippen molar-refractivity contribution in [3.05, 3.63) is 18.5 Å². The molecule has 1 aromatic rings. The van der Waals surface area contributed by atoms with E-state index < -0.39 is 0 Å². The van der Waals surface area contributed by atoms with Gasteiger partial charge in [-0.25, -0.2) is 0 Å². The molecule has 1 amide bonds. The van der Waals surface area contributed by atoms with Crippen molar-refractivity contribution in [3.63, 3.8) is 0 Å². The topological polar surface area (TPSA) is 71.2 Å². The lowest BCUT2D eigenvalue weighted by Crippen LogP contribution is -2.40. The second-order valence-corrected chi connectivity index (χ2v) is 4.17. The molecule has 0 atom stereocenters. The minimum absolute atomic E-state index is 0.00179. The first-order valence-electron chi connectivity index (χ1n) is 5.78. The maximum absolute atomic E-state index is 11.7. The lowest BCUT2D eigenvalue weighted by Gasteiger charge is -2.24. The van der Waals surface area contributed by atoms with Gasteiger partial charge in [-0.15, -0.1) is 0 Å². The molecule has 1 rings (SSSR count). The van der Waals surface area contributed by atoms with Crippen LogP contribution in [0, 0.1) is 0 Å². The molecule has 3 N–H and O–H groups in total. The van der Waals surface area contributed by atoms with Crippen LogP contribution in [0.5, 0.6) is 0 Å². The van der Waals surface area contributed by atoms with Gasteiger partial charge in [0.15, 0.2) is 0 Å². The van der Waals surface area contributed by atoms with Gasteiger partial charge >= 0.3 is 0 Å². The lowest BCUT2D eigenvalue weighted by atomic mass is 10.3. The van der Waals surface area contributed by atoms with E-state index >= 15 is 0 Å². The van der Waals surface area contributed by atoms with Crippen LogP contribution in [0.25, 0.3) is 0 Å². The molecular formula is C12H20N4O. The molecule has 94 valence electrons. The first-order chi connectivity index (χ1) is 8.04. The minimum atomic E-state index is -0.00179. The number of pyridine rings is 1. The third-order valence-corrected chi connectivity index (χ3v) is 2.33. The first kappa shape index (κ1) is 13.3. The third kappa shape index (κ3) is 3.94. The number of aromatic nitrogens is 1. The molecule has 1 aromatic heterocycles. The molecule has 0 aromatic carbocycles. The van der Waals surface area contributed by atoms with E-state index in [9.17, 15) is 4.79 Å². The summed E-state index contributed by atoms with van der Waals surface area (Å²) in [6, 6.07) is 1.97. The molecule has 0 spiro atoms. The Hall–Kier alpha value is -1.78. The Morgan fingerprint density at radius 1 is 1.59 bits per heavy atom. The average Bonchev–Trinajstić information content (AvgIpc) is 2.26. The Morgan fingerprint density at radius 3 is 2.82 bits per heavy atom. The van der Waals surface area contributed by atoms with Gasteiger partial charge in [-0.3, -0.25) is 9.78 Å². The molecule has 17 heavy (non-hydrogen) atoms. The van der Waals surface area contributed by atoms with E-state index in [0.717, 1.165) is 12.2 Å². The van der Waals surface area contributed by atoms with Crippen molar-refractivity contribution < 1.29 is 4.79 Å². The molecule has 0 bridgehead atoms. The van der Waals surface area contributed by atoms with Crippen LogP contribution in [0.3, 0.4) is 0 Å². The summed E-state index contributed by atoms with van der Waals surface area (Å²) in [5, 5.41) is 2.86. The second kappa shape index (κ2) is 6.08. The van der Waals surface area contributed by atoms with Gasteiger partial charge in [0.25, 0.3) is 0 Å². The van der Waals surface area contributed by atoms with Crippen LogP contribution in [0.2, 0.25) is 0 Å². The lowest BCUT2D eigenvalue weighted by molar-refractivity contribution is -0.120. The Labute approximate surface area is 102 Å². The average molecular weight is 236 g/mol. The fraction of sp³-hybridized carbons (Fsp3) is 0.500. The van der Waals surface area contributed by atoms with E-state index in [1.54, 1.807) is 12.4 Å². The smallest absolute Gasteiger partial charge is 0.239 e. The van der Waals surface area contributed by atoms with E-state index in [0.29, 0.717) is 12.2 Å². The summed E-state index contributed by atoms with van der Waals surface area (Å²) in [6.45, 7) is 6.90. The molecule has 0 aliphatic heterocycles. The normalized spacial score (nSPS) is 10.4. The van der Waals surface area contributed by atoms with Crippen molar-refractivity contribution >= 4 is 17.3 Å². The fourth-order valence-corrected chi connectivity index (χ4v) is 1.60. The van der Waals surface area contributed by atoms with E-state index in [1.165, 1.54) is 0 Å². The van der Waals surface area contributed by atoms with Crippen LogP contribution >= 0.6 is 0 Å². The predicted molar refractivity (Wildman–Crippen MR) is 69.8 cm³/mol. The highest BCUT2D eigenvalue weighted by molar-refractivity contribution is 5.83. The number of nitrogens with one attached hydrogen (secondary N) is 1. The molecule has 0 aliphatic rings. The van der Waals surface area contributed by atoms with Gasteiger partial charge in [-0.2, -0.15) is 0 Å². The summed E-state index contributed by atoms with van der Waals surface area (Å²) in [6.07, 6.45) is 3.27. The highest BCUT2D eigenvalue weighted by Crippen LogP contribution is 2.20. The molecule has 5 heteroatoms. The van der Waals surface area contributed by atoms with Crippen molar-refractivity contribution in [3.8, 4) is 0 Å². The van der Waals surface area contributed by atoms with Gasteiger partial charge in [-0.05, 0) is 26.8 Å². The molecule has 0 saturated heterocycles. The summed E-state index contributed by atoms with van der Waals surface area (Å²) in [5.41, 5.74) is 7.28. The van der Waals surface area contributed by atoms with Crippen LogP contribution < -0.4 is 16.0 Å². The van der Waals surface area contributed by atoms with Crippen LogP contribution in [-0.2, 0) is 4.79 Å². The summed E-state index contributed by atoms with van der Waals surface area (Å²) in [5.74, 6) is -0.00179. The van der Waals surface area contributed by atoms with Crippen molar-refractivity contribution in [1.82, 2.24) is 10.3 Å². The summed E-state index contributed by atoms with van der Waals surface area (Å²) in [7, 11) is 0. The standard InChI is InChI=1S/C12H20N4O/c1-4-16(8-12(17)15-9(2)3)11-5-6-14-7-10(11)13/h5-7,9H,4,8,13H2,1-3H3,(H,15,17). The van der Waals surface area contributed by atoms with Crippen molar-refractivity contribution in [2.24, 2.45) is 0 Å². The quantitative estimate of drug-likeness (QED) is 0.800. The van der Waals surface area contributed by atoms with Gasteiger partial charge in [0.05, 0.1) is 24.1 Å². The first-order valence-corrected chi connectivity index (χ1v) is 5.78. The maximum atomic E-state index is 11.7. The number of nitrogens with zero attached hydrogens (tertiary/aromatic N) is 2. The van der Waals surface area contributed by atoms with Crippen LogP contribution in [0.15, 0.2) is 18.5 Å². The molecule has 0 unspecified atom stereocenters. The molecule has 0 saturated carbocycles. The second-order valence-electron chi connectivity index (χ2n) is 4.17. The van der Waals surface area contributed by atoms with E-state index in [4.69, 9.17) is 5.73 Å². The zero-order valence-electron chi connectivity index (χ0n) is 10.6. The fourth-order valence-electron chi connectivity index (χ4n) is 1.60. The molecule has 0 fully saturated rings.